The summed E-state index contributed by atoms with van der Waals surface area (Å²) in [6, 6.07) is 0. The number of carbonyl (C=O) groups excluding carboxylic acids is 1. The number of ketones is 1. The highest BCUT2D eigenvalue weighted by atomic mass is 32.2. The van der Waals surface area contributed by atoms with Crippen LogP contribution < -0.4 is 0 Å². The lowest BCUT2D eigenvalue weighted by molar-refractivity contribution is -0.118. The van der Waals surface area contributed by atoms with Gasteiger partial charge in [0.2, 0.25) is 0 Å². The van der Waals surface area contributed by atoms with Crippen LogP contribution in [-0.2, 0) is 4.79 Å². The van der Waals surface area contributed by atoms with E-state index in [1.54, 1.807) is 0 Å². The van der Waals surface area contributed by atoms with Gasteiger partial charge in [-0.3, -0.25) is 4.79 Å². The minimum atomic E-state index is 0.0741. The summed E-state index contributed by atoms with van der Waals surface area (Å²) in [5.41, 5.74) is 0. The molecule has 0 amide bonds. The van der Waals surface area contributed by atoms with Crippen LogP contribution in [0.3, 0.4) is 0 Å². The fraction of sp³-hybridized carbons (Fsp3) is 0.875. The van der Waals surface area contributed by atoms with Crippen LogP contribution in [0.1, 0.15) is 12.8 Å². The Labute approximate surface area is 74.7 Å². The van der Waals surface area contributed by atoms with Crippen molar-refractivity contribution in [3.63, 3.8) is 0 Å². The van der Waals surface area contributed by atoms with Gasteiger partial charge in [0.25, 0.3) is 0 Å². The first-order valence-electron chi connectivity index (χ1n) is 4.14. The average Bonchev–Trinajstić information content (AvgIpc) is 2.55. The Morgan fingerprint density at radius 2 is 2.09 bits per heavy atom. The highest BCUT2D eigenvalue weighted by molar-refractivity contribution is 8.22. The molecule has 1 spiro atoms. The van der Waals surface area contributed by atoms with Crippen molar-refractivity contribution in [2.45, 2.75) is 16.9 Å². The van der Waals surface area contributed by atoms with Gasteiger partial charge >= 0.3 is 0 Å². The quantitative estimate of drug-likeness (QED) is 0.574. The molecule has 11 heavy (non-hydrogen) atoms. The number of carbonyl (C=O) groups is 1. The Morgan fingerprint density at radius 3 is 2.64 bits per heavy atom. The zero-order valence-corrected chi connectivity index (χ0v) is 7.84. The first-order valence-corrected chi connectivity index (χ1v) is 6.11. The van der Waals surface area contributed by atoms with Crippen LogP contribution in [0, 0.1) is 11.8 Å². The van der Waals surface area contributed by atoms with Crippen LogP contribution in [0.5, 0.6) is 0 Å². The van der Waals surface area contributed by atoms with Gasteiger partial charge in [-0.1, -0.05) is 0 Å². The van der Waals surface area contributed by atoms with Crippen molar-refractivity contribution in [3.8, 4) is 0 Å². The van der Waals surface area contributed by atoms with Crippen LogP contribution >= 0.6 is 23.5 Å². The third-order valence-corrected chi connectivity index (χ3v) is 6.66. The van der Waals surface area contributed by atoms with Crippen LogP contribution in [0.2, 0.25) is 0 Å². The lowest BCUT2D eigenvalue weighted by atomic mass is 10.2. The second-order valence-electron chi connectivity index (χ2n) is 3.59. The first kappa shape index (κ1) is 6.84. The number of hydrogen-bond acceptors (Lipinski definition) is 3. The molecule has 3 rings (SSSR count). The van der Waals surface area contributed by atoms with E-state index in [1.807, 2.05) is 23.5 Å². The molecular weight excluding hydrogens is 176 g/mol. The molecule has 3 fully saturated rings. The van der Waals surface area contributed by atoms with Gasteiger partial charge in [-0.05, 0) is 18.3 Å². The lowest BCUT2D eigenvalue weighted by Gasteiger charge is -2.20. The summed E-state index contributed by atoms with van der Waals surface area (Å²) in [6.07, 6.45) is 2.23. The van der Waals surface area contributed by atoms with E-state index < -0.39 is 0 Å². The Hall–Kier alpha value is 0.370. The molecule has 1 heterocycles. The number of Topliss-reactive ketones (excluding diaryl/α,β-unsaturated/α-hetero) is 1. The molecular formula is C8H10OS2. The van der Waals surface area contributed by atoms with E-state index in [1.165, 1.54) is 17.9 Å². The second kappa shape index (κ2) is 1.99. The summed E-state index contributed by atoms with van der Waals surface area (Å²) in [5.74, 6) is 4.50. The molecule has 3 aliphatic rings. The molecule has 0 aromatic rings. The smallest absolute Gasteiger partial charge is 0.159 e. The van der Waals surface area contributed by atoms with Crippen molar-refractivity contribution in [1.82, 2.24) is 0 Å². The standard InChI is InChI=1S/C8H10OS2/c9-7-4-5-3-6(5)8(7)10-1-2-11-8/h5-6H,1-4H2/t5-,6-/m1/s1. The molecule has 0 aromatic heterocycles. The molecule has 0 bridgehead atoms. The summed E-state index contributed by atoms with van der Waals surface area (Å²) in [7, 11) is 0. The molecule has 3 heteroatoms. The van der Waals surface area contributed by atoms with Gasteiger partial charge in [-0.25, -0.2) is 0 Å². The molecule has 0 radical (unpaired) electrons. The van der Waals surface area contributed by atoms with Crippen LogP contribution in [0.15, 0.2) is 0 Å². The van der Waals surface area contributed by atoms with E-state index in [4.69, 9.17) is 0 Å². The molecule has 0 N–H and O–H groups in total. The third kappa shape index (κ3) is 0.738. The molecule has 60 valence electrons. The monoisotopic (exact) mass is 186 g/mol. The van der Waals surface area contributed by atoms with Crippen LogP contribution in [0.4, 0.5) is 0 Å². The Kier molecular flexibility index (Phi) is 1.24. The van der Waals surface area contributed by atoms with E-state index in [0.717, 1.165) is 18.3 Å². The highest BCUT2D eigenvalue weighted by Crippen LogP contribution is 2.67. The van der Waals surface area contributed by atoms with Gasteiger partial charge in [-0.15, -0.1) is 23.5 Å². The van der Waals surface area contributed by atoms with Crippen molar-refractivity contribution in [2.24, 2.45) is 11.8 Å². The Morgan fingerprint density at radius 1 is 1.36 bits per heavy atom. The largest absolute Gasteiger partial charge is 0.297 e. The van der Waals surface area contributed by atoms with E-state index in [2.05, 4.69) is 0 Å². The summed E-state index contributed by atoms with van der Waals surface area (Å²) < 4.78 is 0.0741. The Bertz CT molecular complexity index is 220. The van der Waals surface area contributed by atoms with Gasteiger partial charge in [0.15, 0.2) is 5.78 Å². The molecule has 1 saturated heterocycles. The molecule has 1 aliphatic heterocycles. The molecule has 2 atom stereocenters. The predicted molar refractivity (Wildman–Crippen MR) is 48.9 cm³/mol. The third-order valence-electron chi connectivity index (χ3n) is 2.96. The topological polar surface area (TPSA) is 17.1 Å². The van der Waals surface area contributed by atoms with Crippen molar-refractivity contribution in [1.29, 1.82) is 0 Å². The minimum Gasteiger partial charge on any atom is -0.297 e. The summed E-state index contributed by atoms with van der Waals surface area (Å²) >= 11 is 3.85. The number of fused-ring (bicyclic) bond motifs is 2. The zero-order chi connectivity index (χ0) is 7.47. The van der Waals surface area contributed by atoms with Gasteiger partial charge < -0.3 is 0 Å². The number of hydrogen-bond donors (Lipinski definition) is 0. The zero-order valence-electron chi connectivity index (χ0n) is 6.21. The summed E-state index contributed by atoms with van der Waals surface area (Å²) in [5, 5.41) is 0. The fourth-order valence-electron chi connectivity index (χ4n) is 2.33. The molecule has 2 saturated carbocycles. The SMILES string of the molecule is O=C1C[C@H]2C[C@H]2C12SCCS2. The molecule has 1 nitrogen and oxygen atoms in total. The number of thioether (sulfide) groups is 2. The fourth-order valence-corrected chi connectivity index (χ4v) is 5.93. The maximum atomic E-state index is 11.6. The second-order valence-corrected chi connectivity index (χ2v) is 6.53. The van der Waals surface area contributed by atoms with Crippen LogP contribution in [-0.4, -0.2) is 21.4 Å². The molecule has 0 aromatic carbocycles. The molecule has 2 aliphatic carbocycles. The van der Waals surface area contributed by atoms with E-state index in [9.17, 15) is 4.79 Å². The van der Waals surface area contributed by atoms with Gasteiger partial charge in [-0.2, -0.15) is 0 Å². The van der Waals surface area contributed by atoms with Gasteiger partial charge in [0.05, 0.1) is 0 Å². The van der Waals surface area contributed by atoms with Gasteiger partial charge in [0, 0.05) is 17.9 Å². The predicted octanol–water partition coefficient (Wildman–Crippen LogP) is 1.77. The average molecular weight is 186 g/mol. The van der Waals surface area contributed by atoms with E-state index in [0.29, 0.717) is 5.78 Å². The Balaban J connectivity index is 1.98. The molecule has 0 unspecified atom stereocenters. The number of rotatable bonds is 0. The van der Waals surface area contributed by atoms with Crippen LogP contribution in [0.25, 0.3) is 0 Å². The first-order chi connectivity index (χ1) is 5.33. The lowest BCUT2D eigenvalue weighted by Crippen LogP contribution is -2.27. The normalized spacial score (nSPS) is 44.9. The maximum absolute atomic E-state index is 11.6. The minimum absolute atomic E-state index is 0.0741. The van der Waals surface area contributed by atoms with E-state index >= 15 is 0 Å². The summed E-state index contributed by atoms with van der Waals surface area (Å²) in [4.78, 5) is 11.6. The summed E-state index contributed by atoms with van der Waals surface area (Å²) in [6.45, 7) is 0. The highest BCUT2D eigenvalue weighted by Gasteiger charge is 2.65. The van der Waals surface area contributed by atoms with Gasteiger partial charge in [0.1, 0.15) is 4.08 Å². The maximum Gasteiger partial charge on any atom is 0.159 e. The van der Waals surface area contributed by atoms with E-state index in [-0.39, 0.29) is 4.08 Å². The van der Waals surface area contributed by atoms with Crippen molar-refractivity contribution >= 4 is 29.3 Å². The van der Waals surface area contributed by atoms with Crippen molar-refractivity contribution in [2.75, 3.05) is 11.5 Å². The van der Waals surface area contributed by atoms with Crippen molar-refractivity contribution < 1.29 is 4.79 Å². The van der Waals surface area contributed by atoms with Crippen molar-refractivity contribution in [3.05, 3.63) is 0 Å².